The average molecular weight is 251 g/mol. The minimum absolute atomic E-state index is 0.356. The Kier molecular flexibility index (Phi) is 6.84. The molecular formula is C14H21NO3. The van der Waals surface area contributed by atoms with Crippen LogP contribution in [0.4, 0.5) is 4.79 Å². The van der Waals surface area contributed by atoms with Crippen molar-refractivity contribution in [2.24, 2.45) is 0 Å². The van der Waals surface area contributed by atoms with Gasteiger partial charge < -0.3 is 4.74 Å². The summed E-state index contributed by atoms with van der Waals surface area (Å²) in [7, 11) is 0. The van der Waals surface area contributed by atoms with E-state index in [1.54, 1.807) is 12.1 Å². The zero-order valence-electron chi connectivity index (χ0n) is 10.9. The summed E-state index contributed by atoms with van der Waals surface area (Å²) in [6.07, 6.45) is 7.67. The SMILES string of the molecule is CCCCCCCCOC(=O)n1ccccc1=O. The maximum absolute atomic E-state index is 11.5. The predicted octanol–water partition coefficient (Wildman–Crippen LogP) is 3.19. The number of nitrogens with zero attached hydrogens (tertiary/aromatic N) is 1. The molecule has 0 aromatic carbocycles. The van der Waals surface area contributed by atoms with Gasteiger partial charge in [-0.25, -0.2) is 9.36 Å². The third kappa shape index (κ3) is 5.17. The van der Waals surface area contributed by atoms with Gasteiger partial charge in [-0.05, 0) is 12.5 Å². The number of hydrogen-bond acceptors (Lipinski definition) is 3. The molecule has 0 fully saturated rings. The van der Waals surface area contributed by atoms with Crippen molar-refractivity contribution in [1.82, 2.24) is 4.57 Å². The van der Waals surface area contributed by atoms with E-state index in [0.29, 0.717) is 6.61 Å². The molecule has 0 unspecified atom stereocenters. The first-order valence-corrected chi connectivity index (χ1v) is 6.60. The van der Waals surface area contributed by atoms with Gasteiger partial charge in [-0.1, -0.05) is 45.1 Å². The fraction of sp³-hybridized carbons (Fsp3) is 0.571. The number of ether oxygens (including phenoxy) is 1. The lowest BCUT2D eigenvalue weighted by Gasteiger charge is -2.05. The lowest BCUT2D eigenvalue weighted by molar-refractivity contribution is 0.144. The lowest BCUT2D eigenvalue weighted by Crippen LogP contribution is -2.26. The Hall–Kier alpha value is -1.58. The molecule has 18 heavy (non-hydrogen) atoms. The standard InChI is InChI=1S/C14H21NO3/c1-2-3-4-5-6-9-12-18-14(17)15-11-8-7-10-13(15)16/h7-8,10-11H,2-6,9,12H2,1H3. The van der Waals surface area contributed by atoms with E-state index in [9.17, 15) is 9.59 Å². The van der Waals surface area contributed by atoms with Crippen LogP contribution in [0.1, 0.15) is 45.4 Å². The number of carbonyl (C=O) groups excluding carboxylic acids is 1. The van der Waals surface area contributed by atoms with Crippen LogP contribution in [0.3, 0.4) is 0 Å². The van der Waals surface area contributed by atoms with E-state index in [1.807, 2.05) is 0 Å². The summed E-state index contributed by atoms with van der Waals surface area (Å²) < 4.78 is 6.02. The van der Waals surface area contributed by atoms with Crippen molar-refractivity contribution in [3.8, 4) is 0 Å². The second kappa shape index (κ2) is 8.50. The van der Waals surface area contributed by atoms with Crippen molar-refractivity contribution in [3.63, 3.8) is 0 Å². The monoisotopic (exact) mass is 251 g/mol. The van der Waals surface area contributed by atoms with Gasteiger partial charge in [0, 0.05) is 12.3 Å². The highest BCUT2D eigenvalue weighted by molar-refractivity contribution is 5.70. The van der Waals surface area contributed by atoms with Crippen molar-refractivity contribution in [1.29, 1.82) is 0 Å². The number of pyridine rings is 1. The number of carbonyl (C=O) groups is 1. The largest absolute Gasteiger partial charge is 0.449 e. The van der Waals surface area contributed by atoms with Crippen molar-refractivity contribution in [3.05, 3.63) is 34.7 Å². The molecule has 0 spiro atoms. The van der Waals surface area contributed by atoms with Crippen LogP contribution in [0, 0.1) is 0 Å². The van der Waals surface area contributed by atoms with E-state index in [4.69, 9.17) is 4.74 Å². The van der Waals surface area contributed by atoms with Crippen molar-refractivity contribution in [2.75, 3.05) is 6.61 Å². The molecule has 4 heteroatoms. The first kappa shape index (κ1) is 14.5. The Labute approximate surface area is 108 Å². The molecule has 1 rings (SSSR count). The molecule has 0 amide bonds. The molecule has 0 radical (unpaired) electrons. The Balaban J connectivity index is 2.18. The Morgan fingerprint density at radius 2 is 1.89 bits per heavy atom. The number of unbranched alkanes of at least 4 members (excludes halogenated alkanes) is 5. The summed E-state index contributed by atoms with van der Waals surface area (Å²) in [5, 5.41) is 0. The minimum atomic E-state index is -0.589. The van der Waals surface area contributed by atoms with Gasteiger partial charge in [0.15, 0.2) is 0 Å². The van der Waals surface area contributed by atoms with Gasteiger partial charge in [0.1, 0.15) is 0 Å². The zero-order chi connectivity index (χ0) is 13.2. The first-order chi connectivity index (χ1) is 8.75. The second-order valence-corrected chi connectivity index (χ2v) is 4.29. The van der Waals surface area contributed by atoms with E-state index in [-0.39, 0.29) is 5.56 Å². The maximum Gasteiger partial charge on any atom is 0.420 e. The highest BCUT2D eigenvalue weighted by Gasteiger charge is 2.06. The zero-order valence-corrected chi connectivity index (χ0v) is 10.9. The van der Waals surface area contributed by atoms with Gasteiger partial charge in [-0.3, -0.25) is 4.79 Å². The molecule has 4 nitrogen and oxygen atoms in total. The molecule has 0 bridgehead atoms. The van der Waals surface area contributed by atoms with Crippen LogP contribution in [0.5, 0.6) is 0 Å². The van der Waals surface area contributed by atoms with Crippen LogP contribution in [-0.2, 0) is 4.74 Å². The molecule has 1 heterocycles. The Bertz CT molecular complexity index is 412. The normalized spacial score (nSPS) is 10.3. The molecule has 100 valence electrons. The molecule has 0 saturated heterocycles. The van der Waals surface area contributed by atoms with Crippen LogP contribution in [0.15, 0.2) is 29.2 Å². The number of rotatable bonds is 7. The third-order valence-electron chi connectivity index (χ3n) is 2.74. The minimum Gasteiger partial charge on any atom is -0.449 e. The summed E-state index contributed by atoms with van der Waals surface area (Å²) in [4.78, 5) is 22.9. The van der Waals surface area contributed by atoms with Gasteiger partial charge in [-0.15, -0.1) is 0 Å². The fourth-order valence-electron chi connectivity index (χ4n) is 1.69. The van der Waals surface area contributed by atoms with Crippen molar-refractivity contribution < 1.29 is 9.53 Å². The summed E-state index contributed by atoms with van der Waals surface area (Å²) in [6.45, 7) is 2.56. The van der Waals surface area contributed by atoms with Crippen LogP contribution < -0.4 is 5.56 Å². The van der Waals surface area contributed by atoms with Crippen LogP contribution in [0.25, 0.3) is 0 Å². The predicted molar refractivity (Wildman–Crippen MR) is 70.8 cm³/mol. The topological polar surface area (TPSA) is 48.3 Å². The van der Waals surface area contributed by atoms with E-state index in [2.05, 4.69) is 6.92 Å². The highest BCUT2D eigenvalue weighted by Crippen LogP contribution is 2.05. The summed E-state index contributed by atoms with van der Waals surface area (Å²) >= 11 is 0. The number of aromatic nitrogens is 1. The Morgan fingerprint density at radius 3 is 2.61 bits per heavy atom. The van der Waals surface area contributed by atoms with Crippen LogP contribution in [0.2, 0.25) is 0 Å². The van der Waals surface area contributed by atoms with Gasteiger partial charge >= 0.3 is 6.09 Å². The van der Waals surface area contributed by atoms with Gasteiger partial charge in [0.25, 0.3) is 5.56 Å². The summed E-state index contributed by atoms with van der Waals surface area (Å²) in [6, 6.07) is 4.57. The maximum atomic E-state index is 11.5. The van der Waals surface area contributed by atoms with Crippen molar-refractivity contribution in [2.45, 2.75) is 45.4 Å². The average Bonchev–Trinajstić information content (AvgIpc) is 2.38. The Morgan fingerprint density at radius 1 is 1.17 bits per heavy atom. The molecule has 0 N–H and O–H groups in total. The molecule has 0 aliphatic carbocycles. The second-order valence-electron chi connectivity index (χ2n) is 4.29. The molecule has 1 aromatic rings. The summed E-state index contributed by atoms with van der Waals surface area (Å²) in [5.41, 5.74) is -0.356. The number of hydrogen-bond donors (Lipinski definition) is 0. The van der Waals surface area contributed by atoms with E-state index >= 15 is 0 Å². The molecular weight excluding hydrogens is 230 g/mol. The van der Waals surface area contributed by atoms with Gasteiger partial charge in [0.05, 0.1) is 6.61 Å². The van der Waals surface area contributed by atoms with E-state index in [0.717, 1.165) is 17.4 Å². The quantitative estimate of drug-likeness (QED) is 0.699. The lowest BCUT2D eigenvalue weighted by atomic mass is 10.1. The smallest absolute Gasteiger partial charge is 0.420 e. The highest BCUT2D eigenvalue weighted by atomic mass is 16.5. The molecule has 0 atom stereocenters. The van der Waals surface area contributed by atoms with Crippen LogP contribution in [-0.4, -0.2) is 17.3 Å². The third-order valence-corrected chi connectivity index (χ3v) is 2.74. The first-order valence-electron chi connectivity index (χ1n) is 6.60. The molecule has 0 saturated carbocycles. The van der Waals surface area contributed by atoms with E-state index in [1.165, 1.54) is 37.9 Å². The van der Waals surface area contributed by atoms with Gasteiger partial charge in [0.2, 0.25) is 0 Å². The van der Waals surface area contributed by atoms with Crippen LogP contribution >= 0.6 is 0 Å². The van der Waals surface area contributed by atoms with Crippen molar-refractivity contribution >= 4 is 6.09 Å². The fourth-order valence-corrected chi connectivity index (χ4v) is 1.69. The molecule has 0 aliphatic heterocycles. The van der Waals surface area contributed by atoms with Gasteiger partial charge in [-0.2, -0.15) is 0 Å². The molecule has 0 aliphatic rings. The van der Waals surface area contributed by atoms with E-state index < -0.39 is 6.09 Å². The molecule has 1 aromatic heterocycles. The summed E-state index contributed by atoms with van der Waals surface area (Å²) in [5.74, 6) is 0.